The molecule has 0 unspecified atom stereocenters. The summed E-state index contributed by atoms with van der Waals surface area (Å²) in [4.78, 5) is 23.9. The normalized spacial score (nSPS) is 9.88. The Morgan fingerprint density at radius 1 is 0.960 bits per heavy atom. The van der Waals surface area contributed by atoms with Gasteiger partial charge in [-0.1, -0.05) is 0 Å². The average Bonchev–Trinajstić information content (AvgIpc) is 2.65. The van der Waals surface area contributed by atoms with Crippen molar-refractivity contribution in [1.82, 2.24) is 10.9 Å². The van der Waals surface area contributed by atoms with Crippen LogP contribution in [-0.4, -0.2) is 32.6 Å². The maximum absolute atomic E-state index is 12.8. The van der Waals surface area contributed by atoms with Gasteiger partial charge in [-0.15, -0.1) is 0 Å². The smallest absolute Gasteiger partial charge is 0.276 e. The van der Waals surface area contributed by atoms with Crippen LogP contribution < -0.4 is 25.1 Å². The van der Waals surface area contributed by atoms with Crippen LogP contribution in [0.25, 0.3) is 0 Å². The standard InChI is InChI=1S/C17H17FN2O5/c1-23-13-7-8-15(24-2)14(9-13)17(22)20-19-16(21)10-25-12-5-3-11(18)4-6-12/h3-9H,10H2,1-2H3,(H,19,21)(H,20,22). The van der Waals surface area contributed by atoms with Crippen LogP contribution in [0.15, 0.2) is 42.5 Å². The van der Waals surface area contributed by atoms with Crippen molar-refractivity contribution in [2.75, 3.05) is 20.8 Å². The third kappa shape index (κ3) is 5.10. The van der Waals surface area contributed by atoms with Gasteiger partial charge in [-0.05, 0) is 42.5 Å². The van der Waals surface area contributed by atoms with Gasteiger partial charge >= 0.3 is 0 Å². The van der Waals surface area contributed by atoms with E-state index in [4.69, 9.17) is 14.2 Å². The first-order valence-electron chi connectivity index (χ1n) is 7.23. The van der Waals surface area contributed by atoms with E-state index < -0.39 is 17.6 Å². The molecule has 2 aromatic rings. The number of carbonyl (C=O) groups excluding carboxylic acids is 2. The molecule has 0 atom stereocenters. The summed E-state index contributed by atoms with van der Waals surface area (Å²) in [5.74, 6) is -0.439. The third-order valence-corrected chi connectivity index (χ3v) is 3.15. The minimum absolute atomic E-state index is 0.196. The van der Waals surface area contributed by atoms with Crippen molar-refractivity contribution in [3.05, 3.63) is 53.8 Å². The van der Waals surface area contributed by atoms with E-state index in [0.717, 1.165) is 0 Å². The van der Waals surface area contributed by atoms with Crippen LogP contribution in [0, 0.1) is 5.82 Å². The Labute approximate surface area is 143 Å². The van der Waals surface area contributed by atoms with Crippen molar-refractivity contribution in [3.8, 4) is 17.2 Å². The maximum Gasteiger partial charge on any atom is 0.276 e. The van der Waals surface area contributed by atoms with E-state index in [9.17, 15) is 14.0 Å². The SMILES string of the molecule is COc1ccc(OC)c(C(=O)NNC(=O)COc2ccc(F)cc2)c1. The van der Waals surface area contributed by atoms with E-state index in [1.54, 1.807) is 12.1 Å². The number of hydrogen-bond donors (Lipinski definition) is 2. The van der Waals surface area contributed by atoms with E-state index >= 15 is 0 Å². The molecular weight excluding hydrogens is 331 g/mol. The van der Waals surface area contributed by atoms with E-state index in [-0.39, 0.29) is 12.2 Å². The molecular formula is C17H17FN2O5. The largest absolute Gasteiger partial charge is 0.497 e. The number of hydrogen-bond acceptors (Lipinski definition) is 5. The van der Waals surface area contributed by atoms with Crippen molar-refractivity contribution < 1.29 is 28.2 Å². The first-order chi connectivity index (χ1) is 12.0. The number of ether oxygens (including phenoxy) is 3. The van der Waals surface area contributed by atoms with E-state index in [0.29, 0.717) is 17.2 Å². The Morgan fingerprint density at radius 2 is 1.64 bits per heavy atom. The van der Waals surface area contributed by atoms with Gasteiger partial charge in [0.15, 0.2) is 6.61 Å². The van der Waals surface area contributed by atoms with Crippen LogP contribution >= 0.6 is 0 Å². The van der Waals surface area contributed by atoms with Gasteiger partial charge < -0.3 is 14.2 Å². The predicted octanol–water partition coefficient (Wildman–Crippen LogP) is 1.68. The summed E-state index contributed by atoms with van der Waals surface area (Å²) in [6, 6.07) is 9.91. The minimum Gasteiger partial charge on any atom is -0.497 e. The molecule has 0 fully saturated rings. The molecule has 0 saturated heterocycles. The summed E-state index contributed by atoms with van der Waals surface area (Å²) in [6.07, 6.45) is 0. The molecule has 2 amide bonds. The van der Waals surface area contributed by atoms with Gasteiger partial charge in [-0.2, -0.15) is 0 Å². The average molecular weight is 348 g/mol. The molecule has 0 aliphatic carbocycles. The number of nitrogens with one attached hydrogen (secondary N) is 2. The van der Waals surface area contributed by atoms with E-state index in [2.05, 4.69) is 10.9 Å². The second-order valence-electron chi connectivity index (χ2n) is 4.81. The van der Waals surface area contributed by atoms with Crippen LogP contribution in [0.3, 0.4) is 0 Å². The minimum atomic E-state index is -0.584. The first kappa shape index (κ1) is 18.1. The molecule has 2 aromatic carbocycles. The van der Waals surface area contributed by atoms with Gasteiger partial charge in [0.25, 0.3) is 11.8 Å². The van der Waals surface area contributed by atoms with Gasteiger partial charge in [0.2, 0.25) is 0 Å². The second-order valence-corrected chi connectivity index (χ2v) is 4.81. The fraction of sp³-hybridized carbons (Fsp3) is 0.176. The van der Waals surface area contributed by atoms with Crippen molar-refractivity contribution in [3.63, 3.8) is 0 Å². The maximum atomic E-state index is 12.8. The molecule has 8 heteroatoms. The fourth-order valence-corrected chi connectivity index (χ4v) is 1.90. The Balaban J connectivity index is 1.88. The van der Waals surface area contributed by atoms with E-state index in [1.807, 2.05) is 0 Å². The molecule has 0 aliphatic rings. The highest BCUT2D eigenvalue weighted by molar-refractivity contribution is 5.98. The summed E-state index contributed by atoms with van der Waals surface area (Å²) in [5.41, 5.74) is 4.67. The zero-order valence-corrected chi connectivity index (χ0v) is 13.7. The molecule has 0 radical (unpaired) electrons. The van der Waals surface area contributed by atoms with Crippen molar-refractivity contribution in [2.45, 2.75) is 0 Å². The van der Waals surface area contributed by atoms with Gasteiger partial charge in [0, 0.05) is 0 Å². The number of rotatable bonds is 6. The molecule has 132 valence electrons. The summed E-state index contributed by atoms with van der Waals surface area (Å²) in [5, 5.41) is 0. The van der Waals surface area contributed by atoms with Crippen LogP contribution in [-0.2, 0) is 4.79 Å². The van der Waals surface area contributed by atoms with Gasteiger partial charge in [-0.3, -0.25) is 20.4 Å². The lowest BCUT2D eigenvalue weighted by atomic mass is 10.2. The van der Waals surface area contributed by atoms with Gasteiger partial charge in [-0.25, -0.2) is 4.39 Å². The van der Waals surface area contributed by atoms with Crippen molar-refractivity contribution in [1.29, 1.82) is 0 Å². The summed E-state index contributed by atoms with van der Waals surface area (Å²) >= 11 is 0. The van der Waals surface area contributed by atoms with Crippen LogP contribution in [0.4, 0.5) is 4.39 Å². The Morgan fingerprint density at radius 3 is 2.28 bits per heavy atom. The topological polar surface area (TPSA) is 85.9 Å². The zero-order valence-electron chi connectivity index (χ0n) is 13.7. The highest BCUT2D eigenvalue weighted by Gasteiger charge is 2.14. The van der Waals surface area contributed by atoms with Gasteiger partial charge in [0.1, 0.15) is 23.1 Å². The molecule has 0 spiro atoms. The van der Waals surface area contributed by atoms with Crippen LogP contribution in [0.2, 0.25) is 0 Å². The molecule has 7 nitrogen and oxygen atoms in total. The van der Waals surface area contributed by atoms with E-state index in [1.165, 1.54) is 44.6 Å². The fourth-order valence-electron chi connectivity index (χ4n) is 1.90. The monoisotopic (exact) mass is 348 g/mol. The van der Waals surface area contributed by atoms with Crippen molar-refractivity contribution >= 4 is 11.8 Å². The van der Waals surface area contributed by atoms with Gasteiger partial charge in [0.05, 0.1) is 19.8 Å². The van der Waals surface area contributed by atoms with Crippen molar-refractivity contribution in [2.24, 2.45) is 0 Å². The second kappa shape index (κ2) is 8.53. The van der Waals surface area contributed by atoms with Crippen LogP contribution in [0.1, 0.15) is 10.4 Å². The quantitative estimate of drug-likeness (QED) is 0.776. The lowest BCUT2D eigenvalue weighted by molar-refractivity contribution is -0.123. The first-order valence-corrected chi connectivity index (χ1v) is 7.23. The molecule has 0 bridgehead atoms. The molecule has 2 N–H and O–H groups in total. The number of methoxy groups -OCH3 is 2. The number of hydrazine groups is 1. The summed E-state index contributed by atoms with van der Waals surface area (Å²) < 4.78 is 28.1. The summed E-state index contributed by atoms with van der Waals surface area (Å²) in [6.45, 7) is -0.346. The third-order valence-electron chi connectivity index (χ3n) is 3.15. The Kier molecular flexibility index (Phi) is 6.16. The highest BCUT2D eigenvalue weighted by Crippen LogP contribution is 2.23. The molecule has 0 aromatic heterocycles. The Bertz CT molecular complexity index is 749. The van der Waals surface area contributed by atoms with Crippen LogP contribution in [0.5, 0.6) is 17.2 Å². The number of benzene rings is 2. The highest BCUT2D eigenvalue weighted by atomic mass is 19.1. The molecule has 0 aliphatic heterocycles. The molecule has 25 heavy (non-hydrogen) atoms. The lowest BCUT2D eigenvalue weighted by Gasteiger charge is -2.12. The zero-order chi connectivity index (χ0) is 18.2. The summed E-state index contributed by atoms with van der Waals surface area (Å²) in [7, 11) is 2.89. The molecule has 2 rings (SSSR count). The number of carbonyl (C=O) groups is 2. The predicted molar refractivity (Wildman–Crippen MR) is 87.0 cm³/mol. The molecule has 0 saturated carbocycles. The molecule has 0 heterocycles. The number of amides is 2. The number of halogens is 1. The Hall–Kier alpha value is -3.29. The lowest BCUT2D eigenvalue weighted by Crippen LogP contribution is -2.43.